The van der Waals surface area contributed by atoms with Crippen LogP contribution in [-0.2, 0) is 6.54 Å². The molecule has 1 aromatic carbocycles. The predicted molar refractivity (Wildman–Crippen MR) is 73.0 cm³/mol. The Kier molecular flexibility index (Phi) is 3.37. The van der Waals surface area contributed by atoms with Gasteiger partial charge in [-0.25, -0.2) is 4.39 Å². The smallest absolute Gasteiger partial charge is 0.293 e. The molecule has 0 aliphatic rings. The van der Waals surface area contributed by atoms with Crippen LogP contribution in [0, 0.1) is 5.82 Å². The van der Waals surface area contributed by atoms with Gasteiger partial charge < -0.3 is 14.7 Å². The lowest BCUT2D eigenvalue weighted by Gasteiger charge is -1.96. The summed E-state index contributed by atoms with van der Waals surface area (Å²) in [6.07, 6.45) is 0. The number of benzene rings is 1. The first-order chi connectivity index (χ1) is 9.65. The van der Waals surface area contributed by atoms with E-state index in [0.717, 1.165) is 0 Å². The zero-order valence-electron chi connectivity index (χ0n) is 10.1. The molecule has 0 amide bonds. The zero-order chi connectivity index (χ0) is 14.1. The Morgan fingerprint density at radius 2 is 2.10 bits per heavy atom. The number of hydrogen-bond acceptors (Lipinski definition) is 5. The molecule has 0 aliphatic heterocycles. The highest BCUT2D eigenvalue weighted by atomic mass is 79.9. The van der Waals surface area contributed by atoms with E-state index in [0.29, 0.717) is 21.6 Å². The van der Waals surface area contributed by atoms with Crippen LogP contribution in [0.1, 0.15) is 5.76 Å². The van der Waals surface area contributed by atoms with Gasteiger partial charge in [0.05, 0.1) is 6.54 Å². The van der Waals surface area contributed by atoms with Gasteiger partial charge in [-0.3, -0.25) is 0 Å². The van der Waals surface area contributed by atoms with Gasteiger partial charge in [-0.05, 0) is 30.3 Å². The monoisotopic (exact) mass is 337 g/mol. The standard InChI is InChI=1S/C13H9BrFN3O2/c14-8-3-7(4-9(15)5-8)12-17-13(20-18-12)11-2-1-10(6-16)19-11/h1-5H,6,16H2. The maximum absolute atomic E-state index is 13.3. The van der Waals surface area contributed by atoms with Gasteiger partial charge in [0.2, 0.25) is 5.82 Å². The average Bonchev–Trinajstić information content (AvgIpc) is 3.06. The second-order valence-corrected chi connectivity index (χ2v) is 4.97. The van der Waals surface area contributed by atoms with Crippen LogP contribution in [0.4, 0.5) is 4.39 Å². The lowest BCUT2D eigenvalue weighted by molar-refractivity contribution is 0.412. The Hall–Kier alpha value is -1.99. The molecule has 7 heteroatoms. The van der Waals surface area contributed by atoms with E-state index >= 15 is 0 Å². The minimum Gasteiger partial charge on any atom is -0.455 e. The lowest BCUT2D eigenvalue weighted by Crippen LogP contribution is -1.92. The van der Waals surface area contributed by atoms with E-state index in [1.807, 2.05) is 0 Å². The first kappa shape index (κ1) is 13.0. The highest BCUT2D eigenvalue weighted by Gasteiger charge is 2.14. The van der Waals surface area contributed by atoms with Gasteiger partial charge in [0.25, 0.3) is 5.89 Å². The van der Waals surface area contributed by atoms with Crippen LogP contribution in [0.3, 0.4) is 0 Å². The molecule has 2 N–H and O–H groups in total. The quantitative estimate of drug-likeness (QED) is 0.792. The lowest BCUT2D eigenvalue weighted by atomic mass is 10.2. The Morgan fingerprint density at radius 3 is 2.80 bits per heavy atom. The topological polar surface area (TPSA) is 78.1 Å². The van der Waals surface area contributed by atoms with E-state index in [-0.39, 0.29) is 24.1 Å². The molecule has 2 aromatic heterocycles. The molecule has 0 unspecified atom stereocenters. The van der Waals surface area contributed by atoms with Gasteiger partial charge in [-0.1, -0.05) is 21.1 Å². The van der Waals surface area contributed by atoms with E-state index in [2.05, 4.69) is 26.1 Å². The third-order valence-corrected chi connectivity index (χ3v) is 3.08. The van der Waals surface area contributed by atoms with Crippen molar-refractivity contribution in [1.82, 2.24) is 10.1 Å². The fourth-order valence-electron chi connectivity index (χ4n) is 1.73. The number of rotatable bonds is 3. The van der Waals surface area contributed by atoms with Crippen molar-refractivity contribution in [2.75, 3.05) is 0 Å². The number of halogens is 2. The summed E-state index contributed by atoms with van der Waals surface area (Å²) < 4.78 is 24.5. The molecule has 0 saturated heterocycles. The van der Waals surface area contributed by atoms with Crippen LogP contribution in [0.15, 0.2) is 43.7 Å². The molecule has 3 rings (SSSR count). The molecule has 0 atom stereocenters. The number of nitrogens with two attached hydrogens (primary N) is 1. The summed E-state index contributed by atoms with van der Waals surface area (Å²) in [7, 11) is 0. The molecule has 0 spiro atoms. The molecule has 0 fully saturated rings. The Morgan fingerprint density at radius 1 is 1.25 bits per heavy atom. The first-order valence-corrected chi connectivity index (χ1v) is 6.54. The normalized spacial score (nSPS) is 10.9. The predicted octanol–water partition coefficient (Wildman–Crippen LogP) is 3.36. The van der Waals surface area contributed by atoms with Crippen molar-refractivity contribution < 1.29 is 13.3 Å². The van der Waals surface area contributed by atoms with Crippen LogP contribution in [-0.4, -0.2) is 10.1 Å². The third-order valence-electron chi connectivity index (χ3n) is 2.62. The highest BCUT2D eigenvalue weighted by molar-refractivity contribution is 9.10. The van der Waals surface area contributed by atoms with Crippen LogP contribution >= 0.6 is 15.9 Å². The van der Waals surface area contributed by atoms with E-state index in [4.69, 9.17) is 14.7 Å². The molecule has 3 aromatic rings. The highest BCUT2D eigenvalue weighted by Crippen LogP contribution is 2.26. The number of aromatic nitrogens is 2. The van der Waals surface area contributed by atoms with E-state index in [1.54, 1.807) is 18.2 Å². The van der Waals surface area contributed by atoms with Crippen molar-refractivity contribution >= 4 is 15.9 Å². The van der Waals surface area contributed by atoms with Gasteiger partial charge >= 0.3 is 0 Å². The van der Waals surface area contributed by atoms with E-state index in [1.165, 1.54) is 12.1 Å². The number of hydrogen-bond donors (Lipinski definition) is 1. The Balaban J connectivity index is 1.97. The zero-order valence-corrected chi connectivity index (χ0v) is 11.7. The summed E-state index contributed by atoms with van der Waals surface area (Å²) in [5.41, 5.74) is 5.98. The third kappa shape index (κ3) is 2.50. The largest absolute Gasteiger partial charge is 0.455 e. The summed E-state index contributed by atoms with van der Waals surface area (Å²) in [4.78, 5) is 4.18. The molecule has 0 radical (unpaired) electrons. The van der Waals surface area contributed by atoms with Gasteiger partial charge in [0.1, 0.15) is 11.6 Å². The van der Waals surface area contributed by atoms with Crippen LogP contribution in [0.25, 0.3) is 23.0 Å². The molecule has 0 saturated carbocycles. The Labute approximate surface area is 121 Å². The van der Waals surface area contributed by atoms with Crippen molar-refractivity contribution in [1.29, 1.82) is 0 Å². The minimum absolute atomic E-state index is 0.222. The maximum Gasteiger partial charge on any atom is 0.293 e. The summed E-state index contributed by atoms with van der Waals surface area (Å²) in [6, 6.07) is 7.81. The van der Waals surface area contributed by atoms with Crippen molar-refractivity contribution in [2.24, 2.45) is 5.73 Å². The second-order valence-electron chi connectivity index (χ2n) is 4.05. The van der Waals surface area contributed by atoms with Crippen LogP contribution in [0.2, 0.25) is 0 Å². The molecule has 2 heterocycles. The molecule has 20 heavy (non-hydrogen) atoms. The van der Waals surface area contributed by atoms with Crippen molar-refractivity contribution in [3.8, 4) is 23.0 Å². The first-order valence-electron chi connectivity index (χ1n) is 5.75. The second kappa shape index (κ2) is 5.18. The number of furan rings is 1. The van der Waals surface area contributed by atoms with Crippen LogP contribution in [0.5, 0.6) is 0 Å². The summed E-state index contributed by atoms with van der Waals surface area (Å²) in [6.45, 7) is 0.290. The molecular formula is C13H9BrFN3O2. The minimum atomic E-state index is -0.385. The van der Waals surface area contributed by atoms with Crippen molar-refractivity contribution in [3.63, 3.8) is 0 Å². The van der Waals surface area contributed by atoms with Gasteiger partial charge in [-0.15, -0.1) is 0 Å². The van der Waals surface area contributed by atoms with Crippen LogP contribution < -0.4 is 5.73 Å². The van der Waals surface area contributed by atoms with Gasteiger partial charge in [0.15, 0.2) is 5.76 Å². The fourth-order valence-corrected chi connectivity index (χ4v) is 2.19. The van der Waals surface area contributed by atoms with E-state index in [9.17, 15) is 4.39 Å². The van der Waals surface area contributed by atoms with E-state index < -0.39 is 0 Å². The summed E-state index contributed by atoms with van der Waals surface area (Å²) >= 11 is 3.22. The fraction of sp³-hybridized carbons (Fsp3) is 0.0769. The molecular weight excluding hydrogens is 329 g/mol. The Bertz CT molecular complexity index is 733. The van der Waals surface area contributed by atoms with Gasteiger partial charge in [0, 0.05) is 10.0 Å². The van der Waals surface area contributed by atoms with Crippen molar-refractivity contribution in [3.05, 3.63) is 46.4 Å². The molecule has 0 bridgehead atoms. The van der Waals surface area contributed by atoms with Crippen molar-refractivity contribution in [2.45, 2.75) is 6.54 Å². The molecule has 0 aliphatic carbocycles. The maximum atomic E-state index is 13.3. The SMILES string of the molecule is NCc1ccc(-c2nc(-c3cc(F)cc(Br)c3)no2)o1. The van der Waals surface area contributed by atoms with Gasteiger partial charge in [-0.2, -0.15) is 4.98 Å². The molecule has 5 nitrogen and oxygen atoms in total. The average molecular weight is 338 g/mol. The summed E-state index contributed by atoms with van der Waals surface area (Å²) in [5.74, 6) is 1.17. The number of nitrogens with zero attached hydrogens (tertiary/aromatic N) is 2. The summed E-state index contributed by atoms with van der Waals surface area (Å²) in [5, 5.41) is 3.82. The molecule has 102 valence electrons.